The molecule has 0 spiro atoms. The minimum Gasteiger partial charge on any atom is -0.332 e. The summed E-state index contributed by atoms with van der Waals surface area (Å²) in [5, 5.41) is 2.91. The summed E-state index contributed by atoms with van der Waals surface area (Å²) in [6.45, 7) is 12.4. The van der Waals surface area contributed by atoms with E-state index >= 15 is 0 Å². The van der Waals surface area contributed by atoms with Gasteiger partial charge in [-0.2, -0.15) is 4.31 Å². The fourth-order valence-electron chi connectivity index (χ4n) is 4.65. The number of aryl methyl sites for hydroxylation is 4. The first-order valence-electron chi connectivity index (χ1n) is 12.1. The Kier molecular flexibility index (Phi) is 8.07. The first kappa shape index (κ1) is 26.9. The summed E-state index contributed by atoms with van der Waals surface area (Å²) in [6, 6.07) is 7.15. The van der Waals surface area contributed by atoms with Crippen LogP contribution in [0.5, 0.6) is 0 Å². The van der Waals surface area contributed by atoms with Crippen LogP contribution in [0.15, 0.2) is 29.2 Å². The van der Waals surface area contributed by atoms with Gasteiger partial charge in [0.2, 0.25) is 15.9 Å². The van der Waals surface area contributed by atoms with Gasteiger partial charge in [0.25, 0.3) is 5.91 Å². The van der Waals surface area contributed by atoms with E-state index in [4.69, 9.17) is 0 Å². The van der Waals surface area contributed by atoms with E-state index in [-0.39, 0.29) is 22.9 Å². The molecule has 0 saturated carbocycles. The van der Waals surface area contributed by atoms with Crippen LogP contribution >= 0.6 is 0 Å². The Morgan fingerprint density at radius 2 is 1.54 bits per heavy atom. The molecular weight excluding hydrogens is 462 g/mol. The molecule has 190 valence electrons. The van der Waals surface area contributed by atoms with Crippen molar-refractivity contribution < 1.29 is 18.0 Å². The number of carbonyl (C=O) groups excluding carboxylic acids is 2. The molecule has 7 nitrogen and oxygen atoms in total. The zero-order valence-corrected chi connectivity index (χ0v) is 22.7. The number of rotatable bonds is 6. The van der Waals surface area contributed by atoms with Crippen molar-refractivity contribution in [2.24, 2.45) is 5.92 Å². The summed E-state index contributed by atoms with van der Waals surface area (Å²) in [5.74, 6) is -0.205. The van der Waals surface area contributed by atoms with E-state index in [0.717, 1.165) is 40.8 Å². The maximum atomic E-state index is 13.4. The van der Waals surface area contributed by atoms with Gasteiger partial charge < -0.3 is 10.2 Å². The van der Waals surface area contributed by atoms with Gasteiger partial charge in [0.15, 0.2) is 0 Å². The number of anilines is 1. The summed E-state index contributed by atoms with van der Waals surface area (Å²) in [4.78, 5) is 27.4. The molecule has 1 heterocycles. The lowest BCUT2D eigenvalue weighted by Crippen LogP contribution is -2.38. The lowest BCUT2D eigenvalue weighted by molar-refractivity contribution is -0.116. The van der Waals surface area contributed by atoms with Gasteiger partial charge in [-0.3, -0.25) is 9.59 Å². The van der Waals surface area contributed by atoms with Crippen molar-refractivity contribution in [1.29, 1.82) is 0 Å². The van der Waals surface area contributed by atoms with Crippen molar-refractivity contribution in [2.75, 3.05) is 32.0 Å². The predicted octanol–water partition coefficient (Wildman–Crippen LogP) is 4.36. The number of benzene rings is 2. The Bertz CT molecular complexity index is 1220. The van der Waals surface area contributed by atoms with Gasteiger partial charge in [-0.15, -0.1) is 0 Å². The lowest BCUT2D eigenvalue weighted by atomic mass is 10.0. The van der Waals surface area contributed by atoms with Crippen LogP contribution in [0.2, 0.25) is 0 Å². The molecule has 2 aromatic carbocycles. The molecule has 0 unspecified atom stereocenters. The minimum absolute atomic E-state index is 0.148. The van der Waals surface area contributed by atoms with Gasteiger partial charge in [0, 0.05) is 31.4 Å². The molecule has 3 rings (SSSR count). The molecule has 0 bridgehead atoms. The van der Waals surface area contributed by atoms with Crippen LogP contribution in [0.4, 0.5) is 5.69 Å². The number of nitrogens with one attached hydrogen (secondary N) is 1. The van der Waals surface area contributed by atoms with E-state index < -0.39 is 15.9 Å². The number of piperidine rings is 1. The lowest BCUT2D eigenvalue weighted by Gasteiger charge is -2.30. The maximum absolute atomic E-state index is 13.4. The van der Waals surface area contributed by atoms with Crippen LogP contribution in [-0.4, -0.2) is 56.1 Å². The summed E-state index contributed by atoms with van der Waals surface area (Å²) >= 11 is 0. The van der Waals surface area contributed by atoms with E-state index in [2.05, 4.69) is 12.2 Å². The molecule has 0 atom stereocenters. The Balaban J connectivity index is 1.80. The molecule has 1 N–H and O–H groups in total. The molecule has 2 amide bonds. The summed E-state index contributed by atoms with van der Waals surface area (Å²) < 4.78 is 28.4. The molecule has 1 aliphatic heterocycles. The quantitative estimate of drug-likeness (QED) is 0.640. The normalized spacial score (nSPS) is 15.2. The number of hydrogen-bond donors (Lipinski definition) is 1. The second-order valence-corrected chi connectivity index (χ2v) is 11.9. The number of carbonyl (C=O) groups is 2. The van der Waals surface area contributed by atoms with Crippen molar-refractivity contribution in [3.05, 3.63) is 57.6 Å². The average molecular weight is 500 g/mol. The van der Waals surface area contributed by atoms with Crippen molar-refractivity contribution in [1.82, 2.24) is 9.21 Å². The highest BCUT2D eigenvalue weighted by molar-refractivity contribution is 7.89. The zero-order valence-electron chi connectivity index (χ0n) is 21.9. The van der Waals surface area contributed by atoms with Gasteiger partial charge in [-0.25, -0.2) is 8.42 Å². The Morgan fingerprint density at radius 1 is 0.971 bits per heavy atom. The van der Waals surface area contributed by atoms with Crippen LogP contribution in [0.25, 0.3) is 0 Å². The van der Waals surface area contributed by atoms with E-state index in [9.17, 15) is 18.0 Å². The van der Waals surface area contributed by atoms with E-state index in [0.29, 0.717) is 24.6 Å². The zero-order chi connectivity index (χ0) is 26.1. The molecule has 1 aliphatic rings. The standard InChI is InChI=1S/C27H37N3O4S/c1-17-8-10-30(11-9-17)35(33,34)24-15-23(14-19(3)22(24)6)27(32)29(7)16-25(31)28-26-20(4)12-18(2)13-21(26)5/h12-15,17H,8-11,16H2,1-7H3,(H,28,31). The molecule has 1 fully saturated rings. The first-order chi connectivity index (χ1) is 16.3. The van der Waals surface area contributed by atoms with Crippen molar-refractivity contribution in [3.8, 4) is 0 Å². The molecule has 0 aliphatic carbocycles. The van der Waals surface area contributed by atoms with Crippen LogP contribution in [0, 0.1) is 40.5 Å². The third-order valence-corrected chi connectivity index (χ3v) is 8.92. The highest BCUT2D eigenvalue weighted by Crippen LogP contribution is 2.28. The third-order valence-electron chi connectivity index (χ3n) is 6.90. The number of likely N-dealkylation sites (N-methyl/N-ethyl adjacent to an activating group) is 1. The monoisotopic (exact) mass is 499 g/mol. The van der Waals surface area contributed by atoms with Gasteiger partial charge in [0.05, 0.1) is 11.4 Å². The predicted molar refractivity (Wildman–Crippen MR) is 139 cm³/mol. The average Bonchev–Trinajstić information content (AvgIpc) is 2.77. The van der Waals surface area contributed by atoms with E-state index in [1.165, 1.54) is 15.3 Å². The van der Waals surface area contributed by atoms with Crippen molar-refractivity contribution >= 4 is 27.5 Å². The largest absolute Gasteiger partial charge is 0.332 e. The van der Waals surface area contributed by atoms with Crippen LogP contribution in [0.1, 0.15) is 57.9 Å². The molecule has 35 heavy (non-hydrogen) atoms. The number of amides is 2. The molecule has 0 aromatic heterocycles. The molecule has 8 heteroatoms. The highest BCUT2D eigenvalue weighted by Gasteiger charge is 2.31. The molecule has 2 aromatic rings. The second-order valence-electron chi connectivity index (χ2n) is 9.99. The van der Waals surface area contributed by atoms with Gasteiger partial charge in [-0.05, 0) is 87.8 Å². The SMILES string of the molecule is Cc1cc(C)c(NC(=O)CN(C)C(=O)c2cc(C)c(C)c(S(=O)(=O)N3CCC(C)CC3)c2)c(C)c1. The molecular formula is C27H37N3O4S. The topological polar surface area (TPSA) is 86.8 Å². The Morgan fingerprint density at radius 3 is 2.11 bits per heavy atom. The van der Waals surface area contributed by atoms with Gasteiger partial charge in [-0.1, -0.05) is 24.6 Å². The van der Waals surface area contributed by atoms with Crippen molar-refractivity contribution in [3.63, 3.8) is 0 Å². The van der Waals surface area contributed by atoms with Crippen LogP contribution in [0.3, 0.4) is 0 Å². The number of hydrogen-bond acceptors (Lipinski definition) is 4. The molecule has 0 radical (unpaired) electrons. The summed E-state index contributed by atoms with van der Waals surface area (Å²) in [5.41, 5.74) is 5.41. The third kappa shape index (κ3) is 5.93. The fraction of sp³-hybridized carbons (Fsp3) is 0.481. The minimum atomic E-state index is -3.71. The van der Waals surface area contributed by atoms with Gasteiger partial charge in [0.1, 0.15) is 0 Å². The smallest absolute Gasteiger partial charge is 0.254 e. The Hall–Kier alpha value is -2.71. The van der Waals surface area contributed by atoms with Crippen LogP contribution in [-0.2, 0) is 14.8 Å². The second kappa shape index (κ2) is 10.5. The number of sulfonamides is 1. The van der Waals surface area contributed by atoms with Crippen molar-refractivity contribution in [2.45, 2.75) is 59.3 Å². The summed E-state index contributed by atoms with van der Waals surface area (Å²) in [7, 11) is -2.17. The van der Waals surface area contributed by atoms with E-state index in [1.807, 2.05) is 32.9 Å². The van der Waals surface area contributed by atoms with E-state index in [1.54, 1.807) is 27.0 Å². The summed E-state index contributed by atoms with van der Waals surface area (Å²) in [6.07, 6.45) is 1.65. The number of nitrogens with zero attached hydrogens (tertiary/aromatic N) is 2. The molecule has 1 saturated heterocycles. The Labute approximate surface area is 209 Å². The maximum Gasteiger partial charge on any atom is 0.254 e. The van der Waals surface area contributed by atoms with Gasteiger partial charge >= 0.3 is 0 Å². The van der Waals surface area contributed by atoms with Crippen LogP contribution < -0.4 is 5.32 Å². The first-order valence-corrected chi connectivity index (χ1v) is 13.5. The fourth-order valence-corrected chi connectivity index (χ4v) is 6.44. The highest BCUT2D eigenvalue weighted by atomic mass is 32.2.